The molecule has 1 nitrogen and oxygen atoms in total. The van der Waals surface area contributed by atoms with E-state index in [0.717, 1.165) is 12.1 Å². The number of hydrogen-bond donors (Lipinski definition) is 1. The van der Waals surface area contributed by atoms with E-state index in [1.165, 1.54) is 12.1 Å². The average Bonchev–Trinajstić information content (AvgIpc) is 2.09. The van der Waals surface area contributed by atoms with Gasteiger partial charge in [0.2, 0.25) is 0 Å². The maximum atomic E-state index is 12.8. The van der Waals surface area contributed by atoms with Crippen molar-refractivity contribution in [2.75, 3.05) is 6.54 Å². The van der Waals surface area contributed by atoms with Crippen LogP contribution in [0.1, 0.15) is 18.5 Å². The summed E-state index contributed by atoms with van der Waals surface area (Å²) < 4.78 is 25.4. The molecule has 3 heteroatoms. The van der Waals surface area contributed by atoms with Crippen LogP contribution >= 0.6 is 0 Å². The van der Waals surface area contributed by atoms with E-state index in [-0.39, 0.29) is 6.04 Å². The molecule has 1 aromatic carbocycles. The van der Waals surface area contributed by atoms with E-state index in [1.54, 1.807) is 6.07 Å². The molecule has 1 heterocycles. The first-order chi connectivity index (χ1) is 6.18. The lowest BCUT2D eigenvalue weighted by molar-refractivity contribution is 0.257. The molecule has 1 aliphatic rings. The fourth-order valence-corrected chi connectivity index (χ4v) is 1.62. The normalized spacial score (nSPS) is 27.0. The monoisotopic (exact) mass is 183 g/mol. The molecule has 1 fully saturated rings. The van der Waals surface area contributed by atoms with Gasteiger partial charge in [0.05, 0.1) is 0 Å². The Morgan fingerprint density at radius 1 is 1.31 bits per heavy atom. The van der Waals surface area contributed by atoms with Gasteiger partial charge in [0.15, 0.2) is 11.6 Å². The molecule has 2 unspecified atom stereocenters. The fraction of sp³-hybridized carbons (Fsp3) is 0.400. The molecular formula is C10H11F2N. The van der Waals surface area contributed by atoms with Gasteiger partial charge in [-0.25, -0.2) is 8.78 Å². The van der Waals surface area contributed by atoms with Crippen LogP contribution in [0.25, 0.3) is 0 Å². The highest BCUT2D eigenvalue weighted by molar-refractivity contribution is 5.23. The van der Waals surface area contributed by atoms with E-state index in [4.69, 9.17) is 0 Å². The molecule has 1 saturated heterocycles. The standard InChI is InChI=1S/C10H11F2N/c1-6-5-13-10(6)7-2-3-8(11)9(12)4-7/h2-4,6,10,13H,5H2,1H3. The van der Waals surface area contributed by atoms with Gasteiger partial charge < -0.3 is 5.32 Å². The summed E-state index contributed by atoms with van der Waals surface area (Å²) in [5, 5.41) is 3.17. The second kappa shape index (κ2) is 3.07. The number of hydrogen-bond acceptors (Lipinski definition) is 1. The summed E-state index contributed by atoms with van der Waals surface area (Å²) in [6.45, 7) is 3.03. The van der Waals surface area contributed by atoms with Crippen molar-refractivity contribution in [3.63, 3.8) is 0 Å². The molecule has 0 spiro atoms. The van der Waals surface area contributed by atoms with Crippen molar-refractivity contribution in [3.05, 3.63) is 35.4 Å². The summed E-state index contributed by atoms with van der Waals surface area (Å²) in [7, 11) is 0. The Morgan fingerprint density at radius 2 is 2.08 bits per heavy atom. The third-order valence-electron chi connectivity index (χ3n) is 2.53. The number of halogens is 2. The molecule has 13 heavy (non-hydrogen) atoms. The quantitative estimate of drug-likeness (QED) is 0.704. The van der Waals surface area contributed by atoms with Crippen LogP contribution < -0.4 is 5.32 Å². The average molecular weight is 183 g/mol. The van der Waals surface area contributed by atoms with Crippen LogP contribution in [0.3, 0.4) is 0 Å². The summed E-state index contributed by atoms with van der Waals surface area (Å²) in [6, 6.07) is 4.27. The van der Waals surface area contributed by atoms with Gasteiger partial charge in [-0.3, -0.25) is 0 Å². The molecule has 0 amide bonds. The Hall–Kier alpha value is -0.960. The topological polar surface area (TPSA) is 12.0 Å². The van der Waals surface area contributed by atoms with Crippen LogP contribution in [-0.2, 0) is 0 Å². The number of nitrogens with one attached hydrogen (secondary N) is 1. The summed E-state index contributed by atoms with van der Waals surface area (Å²) in [5.74, 6) is -1.04. The van der Waals surface area contributed by atoms with E-state index in [1.807, 2.05) is 0 Å². The molecule has 0 aliphatic carbocycles. The maximum Gasteiger partial charge on any atom is 0.159 e. The van der Waals surface area contributed by atoms with Crippen LogP contribution in [0.15, 0.2) is 18.2 Å². The van der Waals surface area contributed by atoms with Gasteiger partial charge in [0.1, 0.15) is 0 Å². The van der Waals surface area contributed by atoms with Gasteiger partial charge in [0.25, 0.3) is 0 Å². The lowest BCUT2D eigenvalue weighted by Gasteiger charge is -2.35. The minimum Gasteiger partial charge on any atom is -0.309 e. The largest absolute Gasteiger partial charge is 0.309 e. The lowest BCUT2D eigenvalue weighted by atomic mass is 9.88. The van der Waals surface area contributed by atoms with Crippen LogP contribution in [-0.4, -0.2) is 6.54 Å². The number of rotatable bonds is 1. The molecule has 0 saturated carbocycles. The van der Waals surface area contributed by atoms with Crippen molar-refractivity contribution in [1.29, 1.82) is 0 Å². The summed E-state index contributed by atoms with van der Waals surface area (Å²) >= 11 is 0. The van der Waals surface area contributed by atoms with Gasteiger partial charge in [0, 0.05) is 12.6 Å². The smallest absolute Gasteiger partial charge is 0.159 e. The molecule has 70 valence electrons. The van der Waals surface area contributed by atoms with Gasteiger partial charge in [-0.15, -0.1) is 0 Å². The van der Waals surface area contributed by atoms with Crippen molar-refractivity contribution in [2.24, 2.45) is 5.92 Å². The van der Waals surface area contributed by atoms with Crippen molar-refractivity contribution in [2.45, 2.75) is 13.0 Å². The Morgan fingerprint density at radius 3 is 2.54 bits per heavy atom. The summed E-state index contributed by atoms with van der Waals surface area (Å²) in [4.78, 5) is 0. The zero-order valence-corrected chi connectivity index (χ0v) is 7.35. The molecular weight excluding hydrogens is 172 g/mol. The molecule has 0 aromatic heterocycles. The van der Waals surface area contributed by atoms with Gasteiger partial charge in [-0.1, -0.05) is 13.0 Å². The van der Waals surface area contributed by atoms with E-state index >= 15 is 0 Å². The van der Waals surface area contributed by atoms with Crippen LogP contribution in [0.2, 0.25) is 0 Å². The Kier molecular flexibility index (Phi) is 2.04. The molecule has 0 bridgehead atoms. The summed E-state index contributed by atoms with van der Waals surface area (Å²) in [6.07, 6.45) is 0. The molecule has 2 rings (SSSR count). The second-order valence-electron chi connectivity index (χ2n) is 3.54. The third kappa shape index (κ3) is 1.44. The molecule has 1 aromatic rings. The van der Waals surface area contributed by atoms with Gasteiger partial charge in [-0.05, 0) is 23.6 Å². The minimum atomic E-state index is -0.782. The SMILES string of the molecule is CC1CNC1c1ccc(F)c(F)c1. The first-order valence-electron chi connectivity index (χ1n) is 4.37. The van der Waals surface area contributed by atoms with Crippen molar-refractivity contribution in [1.82, 2.24) is 5.32 Å². The van der Waals surface area contributed by atoms with E-state index in [9.17, 15) is 8.78 Å². The molecule has 1 N–H and O–H groups in total. The predicted octanol–water partition coefficient (Wildman–Crippen LogP) is 2.25. The van der Waals surface area contributed by atoms with Crippen molar-refractivity contribution >= 4 is 0 Å². The van der Waals surface area contributed by atoms with Crippen molar-refractivity contribution in [3.8, 4) is 0 Å². The van der Waals surface area contributed by atoms with E-state index < -0.39 is 11.6 Å². The Labute approximate surface area is 75.8 Å². The van der Waals surface area contributed by atoms with Crippen molar-refractivity contribution < 1.29 is 8.78 Å². The molecule has 1 aliphatic heterocycles. The number of benzene rings is 1. The highest BCUT2D eigenvalue weighted by Crippen LogP contribution is 2.29. The molecule has 0 radical (unpaired) electrons. The van der Waals surface area contributed by atoms with Crippen LogP contribution in [0, 0.1) is 17.6 Å². The minimum absolute atomic E-state index is 0.190. The predicted molar refractivity (Wildman–Crippen MR) is 46.3 cm³/mol. The van der Waals surface area contributed by atoms with E-state index in [0.29, 0.717) is 5.92 Å². The van der Waals surface area contributed by atoms with Crippen LogP contribution in [0.4, 0.5) is 8.78 Å². The van der Waals surface area contributed by atoms with E-state index in [2.05, 4.69) is 12.2 Å². The highest BCUT2D eigenvalue weighted by atomic mass is 19.2. The Bertz CT molecular complexity index is 325. The zero-order valence-electron chi connectivity index (χ0n) is 7.35. The highest BCUT2D eigenvalue weighted by Gasteiger charge is 2.27. The Balaban J connectivity index is 2.26. The third-order valence-corrected chi connectivity index (χ3v) is 2.53. The van der Waals surface area contributed by atoms with Crippen LogP contribution in [0.5, 0.6) is 0 Å². The lowest BCUT2D eigenvalue weighted by Crippen LogP contribution is -2.43. The van der Waals surface area contributed by atoms with Gasteiger partial charge >= 0.3 is 0 Å². The first kappa shape index (κ1) is 8.63. The van der Waals surface area contributed by atoms with Gasteiger partial charge in [-0.2, -0.15) is 0 Å². The summed E-state index contributed by atoms with van der Waals surface area (Å²) in [5.41, 5.74) is 0.831. The fourth-order valence-electron chi connectivity index (χ4n) is 1.62. The first-order valence-corrected chi connectivity index (χ1v) is 4.37. The molecule has 2 atom stereocenters. The maximum absolute atomic E-state index is 12.8. The zero-order chi connectivity index (χ0) is 9.42. The second-order valence-corrected chi connectivity index (χ2v) is 3.54.